The molecule has 0 saturated heterocycles. The van der Waals surface area contributed by atoms with Crippen molar-refractivity contribution in [3.63, 3.8) is 0 Å². The molecule has 1 saturated carbocycles. The number of rotatable bonds is 25. The van der Waals surface area contributed by atoms with Gasteiger partial charge in [0.05, 0.1) is 0 Å². The van der Waals surface area contributed by atoms with Gasteiger partial charge in [-0.3, -0.25) is 0 Å². The fourth-order valence-electron chi connectivity index (χ4n) is 5.54. The molecule has 1 aliphatic carbocycles. The minimum Gasteiger partial charge on any atom is -0.384 e. The Hall–Kier alpha value is -0.460. The second-order valence-corrected chi connectivity index (χ2v) is 11.6. The largest absolute Gasteiger partial charge is 0.384 e. The predicted molar refractivity (Wildman–Crippen MR) is 151 cm³/mol. The van der Waals surface area contributed by atoms with Gasteiger partial charge in [0.15, 0.2) is 0 Å². The van der Waals surface area contributed by atoms with Gasteiger partial charge in [-0.15, -0.1) is 0 Å². The van der Waals surface area contributed by atoms with Crippen molar-refractivity contribution >= 4 is 0 Å². The van der Waals surface area contributed by atoms with Crippen molar-refractivity contribution in [3.8, 4) is 0 Å². The molecule has 1 unspecified atom stereocenters. The third kappa shape index (κ3) is 19.5. The number of nitrogens with zero attached hydrogens (tertiary/aromatic N) is 1. The van der Waals surface area contributed by atoms with Crippen LogP contribution in [0.5, 0.6) is 0 Å². The Labute approximate surface area is 210 Å². The van der Waals surface area contributed by atoms with Crippen LogP contribution in [-0.4, -0.2) is 19.0 Å². The summed E-state index contributed by atoms with van der Waals surface area (Å²) < 4.78 is 0. The maximum atomic E-state index is 2.49. The smallest absolute Gasteiger partial charge is 0.00555 e. The molecule has 1 nitrogen and oxygen atoms in total. The van der Waals surface area contributed by atoms with Gasteiger partial charge in [0.25, 0.3) is 0 Å². The molecule has 3 atom stereocenters. The van der Waals surface area contributed by atoms with Gasteiger partial charge in [-0.1, -0.05) is 148 Å². The second-order valence-electron chi connectivity index (χ2n) is 11.6. The van der Waals surface area contributed by atoms with Crippen LogP contribution < -0.4 is 0 Å². The van der Waals surface area contributed by atoms with Gasteiger partial charge >= 0.3 is 0 Å². The van der Waals surface area contributed by atoms with Crippen molar-refractivity contribution in [2.75, 3.05) is 14.1 Å². The summed E-state index contributed by atoms with van der Waals surface area (Å²) in [4.78, 5) is 2.20. The maximum absolute atomic E-state index is 2.49. The summed E-state index contributed by atoms with van der Waals surface area (Å²) in [5.74, 6) is 3.03. The highest BCUT2D eigenvalue weighted by Gasteiger charge is 2.34. The first kappa shape index (κ1) is 30.6. The fraction of sp³-hybridized carbons (Fsp3) is 0.938. The van der Waals surface area contributed by atoms with Gasteiger partial charge in [-0.2, -0.15) is 0 Å². The van der Waals surface area contributed by atoms with Crippen molar-refractivity contribution < 1.29 is 0 Å². The van der Waals surface area contributed by atoms with E-state index in [1.54, 1.807) is 6.42 Å². The molecule has 0 bridgehead atoms. The number of hydrogen-bond donors (Lipinski definition) is 0. The number of allylic oxidation sites excluding steroid dienone is 1. The molecule has 1 aliphatic rings. The van der Waals surface area contributed by atoms with Crippen LogP contribution in [0.4, 0.5) is 0 Å². The van der Waals surface area contributed by atoms with E-state index in [0.29, 0.717) is 0 Å². The van der Waals surface area contributed by atoms with Crippen LogP contribution in [0.3, 0.4) is 0 Å². The molecule has 0 N–H and O–H groups in total. The predicted octanol–water partition coefficient (Wildman–Crippen LogP) is 10.9. The topological polar surface area (TPSA) is 3.24 Å². The maximum Gasteiger partial charge on any atom is 0.00555 e. The Kier molecular flexibility index (Phi) is 20.4. The van der Waals surface area contributed by atoms with Crippen LogP contribution in [0.25, 0.3) is 0 Å². The quantitative estimate of drug-likeness (QED) is 0.122. The SMILES string of the molecule is CCCCCCCCCC(C=CN(C)C)CCCCCCC[C@H]1C[C@H]1CCCCCCCC. The molecule has 0 aromatic rings. The van der Waals surface area contributed by atoms with Crippen molar-refractivity contribution in [1.29, 1.82) is 0 Å². The van der Waals surface area contributed by atoms with Crippen LogP contribution in [-0.2, 0) is 0 Å². The first-order chi connectivity index (χ1) is 16.2. The molecule has 0 aromatic heterocycles. The van der Waals surface area contributed by atoms with Gasteiger partial charge in [0, 0.05) is 14.1 Å². The highest BCUT2D eigenvalue weighted by Crippen LogP contribution is 2.45. The molecule has 0 radical (unpaired) electrons. The summed E-state index contributed by atoms with van der Waals surface area (Å²) in [5, 5.41) is 0. The van der Waals surface area contributed by atoms with E-state index in [-0.39, 0.29) is 0 Å². The van der Waals surface area contributed by atoms with Gasteiger partial charge in [-0.05, 0) is 43.2 Å². The molecule has 0 aliphatic heterocycles. The molecule has 1 fully saturated rings. The van der Waals surface area contributed by atoms with Gasteiger partial charge in [-0.25, -0.2) is 0 Å². The zero-order chi connectivity index (χ0) is 24.0. The molecule has 33 heavy (non-hydrogen) atoms. The molecule has 0 heterocycles. The summed E-state index contributed by atoms with van der Waals surface area (Å²) in [6, 6.07) is 0. The molecule has 1 rings (SSSR count). The average molecular weight is 462 g/mol. The molecular formula is C32H63N. The normalized spacial score (nSPS) is 18.8. The van der Waals surface area contributed by atoms with Crippen LogP contribution in [0.1, 0.15) is 162 Å². The summed E-state index contributed by atoms with van der Waals surface area (Å²) in [5.41, 5.74) is 0. The van der Waals surface area contributed by atoms with Crippen LogP contribution in [0.2, 0.25) is 0 Å². The third-order valence-electron chi connectivity index (χ3n) is 7.98. The second kappa shape index (κ2) is 22.0. The van der Waals surface area contributed by atoms with Crippen molar-refractivity contribution in [2.24, 2.45) is 17.8 Å². The van der Waals surface area contributed by atoms with E-state index < -0.39 is 0 Å². The van der Waals surface area contributed by atoms with Gasteiger partial charge in [0.2, 0.25) is 0 Å². The lowest BCUT2D eigenvalue weighted by molar-refractivity contribution is 0.454. The number of unbranched alkanes of at least 4 members (excludes halogenated alkanes) is 15. The zero-order valence-electron chi connectivity index (χ0n) is 23.6. The molecular weight excluding hydrogens is 398 g/mol. The lowest BCUT2D eigenvalue weighted by Crippen LogP contribution is -2.04. The minimum atomic E-state index is 0.803. The third-order valence-corrected chi connectivity index (χ3v) is 7.98. The zero-order valence-corrected chi connectivity index (χ0v) is 23.6. The van der Waals surface area contributed by atoms with E-state index in [0.717, 1.165) is 17.8 Å². The van der Waals surface area contributed by atoms with E-state index in [1.165, 1.54) is 141 Å². The van der Waals surface area contributed by atoms with Crippen LogP contribution >= 0.6 is 0 Å². The highest BCUT2D eigenvalue weighted by atomic mass is 15.0. The van der Waals surface area contributed by atoms with Gasteiger partial charge < -0.3 is 4.90 Å². The Morgan fingerprint density at radius 3 is 1.39 bits per heavy atom. The van der Waals surface area contributed by atoms with Crippen molar-refractivity contribution in [1.82, 2.24) is 4.90 Å². The van der Waals surface area contributed by atoms with E-state index >= 15 is 0 Å². The van der Waals surface area contributed by atoms with Crippen molar-refractivity contribution in [3.05, 3.63) is 12.3 Å². The summed E-state index contributed by atoms with van der Waals surface area (Å²) in [6.45, 7) is 4.62. The first-order valence-electron chi connectivity index (χ1n) is 15.5. The van der Waals surface area contributed by atoms with Crippen LogP contribution in [0.15, 0.2) is 12.3 Å². The molecule has 0 amide bonds. The Bertz CT molecular complexity index is 426. The summed E-state index contributed by atoms with van der Waals surface area (Å²) in [6.07, 6.45) is 38.3. The molecule has 196 valence electrons. The molecule has 1 heteroatoms. The molecule has 0 spiro atoms. The Morgan fingerprint density at radius 2 is 0.970 bits per heavy atom. The monoisotopic (exact) mass is 461 g/mol. The number of hydrogen-bond acceptors (Lipinski definition) is 1. The lowest BCUT2D eigenvalue weighted by Gasteiger charge is -2.14. The van der Waals surface area contributed by atoms with Crippen molar-refractivity contribution in [2.45, 2.75) is 162 Å². The van der Waals surface area contributed by atoms with Crippen LogP contribution in [0, 0.1) is 17.8 Å². The minimum absolute atomic E-state index is 0.803. The van der Waals surface area contributed by atoms with E-state index in [4.69, 9.17) is 0 Å². The standard InChI is InChI=1S/C32H63N/c1-5-7-9-11-13-15-19-23-30(27-28-33(3)4)24-20-16-14-18-22-26-32-29-31(32)25-21-17-12-10-8-6-2/h27-28,30-32H,5-26,29H2,1-4H3/t30?,31-,32+/m1/s1. The fourth-order valence-corrected chi connectivity index (χ4v) is 5.54. The summed E-state index contributed by atoms with van der Waals surface area (Å²) in [7, 11) is 4.30. The lowest BCUT2D eigenvalue weighted by atomic mass is 9.94. The first-order valence-corrected chi connectivity index (χ1v) is 15.5. The van der Waals surface area contributed by atoms with E-state index in [2.05, 4.69) is 45.1 Å². The highest BCUT2D eigenvalue weighted by molar-refractivity contribution is 4.87. The van der Waals surface area contributed by atoms with E-state index in [9.17, 15) is 0 Å². The van der Waals surface area contributed by atoms with E-state index in [1.807, 2.05) is 0 Å². The summed E-state index contributed by atoms with van der Waals surface area (Å²) >= 11 is 0. The molecule has 0 aromatic carbocycles. The van der Waals surface area contributed by atoms with Gasteiger partial charge in [0.1, 0.15) is 0 Å². The average Bonchev–Trinajstić information content (AvgIpc) is 3.55. The Balaban J connectivity index is 1.97. The Morgan fingerprint density at radius 1 is 0.576 bits per heavy atom.